The van der Waals surface area contributed by atoms with Crippen molar-refractivity contribution >= 4 is 37.4 Å². The van der Waals surface area contributed by atoms with Crippen molar-refractivity contribution in [3.8, 4) is 5.75 Å². The summed E-state index contributed by atoms with van der Waals surface area (Å²) in [5, 5.41) is 3.91. The van der Waals surface area contributed by atoms with Crippen LogP contribution in [0, 0.1) is 5.82 Å². The summed E-state index contributed by atoms with van der Waals surface area (Å²) in [7, 11) is 0. The monoisotopic (exact) mass is 350 g/mol. The summed E-state index contributed by atoms with van der Waals surface area (Å²) in [5.74, 6) is 0.478. The fourth-order valence-electron chi connectivity index (χ4n) is 2.09. The van der Waals surface area contributed by atoms with E-state index in [1.54, 1.807) is 17.4 Å². The van der Waals surface area contributed by atoms with Crippen LogP contribution in [-0.2, 0) is 11.9 Å². The zero-order chi connectivity index (χ0) is 13.9. The number of benzene rings is 2. The Morgan fingerprint density at radius 2 is 1.95 bits per heavy atom. The predicted molar refractivity (Wildman–Crippen MR) is 85.2 cm³/mol. The molecule has 0 radical (unpaired) electrons. The molecule has 20 heavy (non-hydrogen) atoms. The lowest BCUT2D eigenvalue weighted by molar-refractivity contribution is 0.305. The number of fused-ring (bicyclic) bond motifs is 1. The first-order valence-corrected chi connectivity index (χ1v) is 8.20. The summed E-state index contributed by atoms with van der Waals surface area (Å²) >= 11 is 5.07. The highest BCUT2D eigenvalue weighted by atomic mass is 79.9. The minimum atomic E-state index is -0.243. The van der Waals surface area contributed by atoms with Crippen LogP contribution in [0.3, 0.4) is 0 Å². The third-order valence-corrected chi connectivity index (χ3v) is 4.73. The van der Waals surface area contributed by atoms with E-state index in [0.29, 0.717) is 11.9 Å². The van der Waals surface area contributed by atoms with Crippen LogP contribution >= 0.6 is 27.3 Å². The lowest BCUT2D eigenvalue weighted by atomic mass is 10.2. The van der Waals surface area contributed by atoms with Gasteiger partial charge in [0.05, 0.1) is 0 Å². The van der Waals surface area contributed by atoms with Crippen LogP contribution in [0.15, 0.2) is 47.8 Å². The minimum absolute atomic E-state index is 0.243. The maximum atomic E-state index is 13.2. The minimum Gasteiger partial charge on any atom is -0.489 e. The molecule has 1 nitrogen and oxygen atoms in total. The van der Waals surface area contributed by atoms with Gasteiger partial charge in [-0.1, -0.05) is 34.1 Å². The molecular weight excluding hydrogens is 339 g/mol. The molecule has 3 aromatic rings. The van der Waals surface area contributed by atoms with Crippen LogP contribution in [-0.4, -0.2) is 0 Å². The second-order valence-corrected chi connectivity index (χ2v) is 5.90. The number of ether oxygens (including phenoxy) is 1. The number of hydrogen-bond acceptors (Lipinski definition) is 2. The van der Waals surface area contributed by atoms with E-state index >= 15 is 0 Å². The second-order valence-electron chi connectivity index (χ2n) is 4.43. The maximum Gasteiger partial charge on any atom is 0.124 e. The van der Waals surface area contributed by atoms with Gasteiger partial charge in [0.15, 0.2) is 0 Å². The summed E-state index contributed by atoms with van der Waals surface area (Å²) in [6, 6.07) is 12.9. The molecule has 0 saturated carbocycles. The van der Waals surface area contributed by atoms with Crippen LogP contribution in [0.5, 0.6) is 5.75 Å². The Morgan fingerprint density at radius 1 is 1.10 bits per heavy atom. The zero-order valence-corrected chi connectivity index (χ0v) is 13.0. The molecule has 102 valence electrons. The van der Waals surface area contributed by atoms with Gasteiger partial charge in [0.2, 0.25) is 0 Å². The molecular formula is C16H12BrFOS. The molecule has 0 bridgehead atoms. The van der Waals surface area contributed by atoms with E-state index in [2.05, 4.69) is 33.4 Å². The average Bonchev–Trinajstić information content (AvgIpc) is 2.89. The van der Waals surface area contributed by atoms with Crippen molar-refractivity contribution in [2.24, 2.45) is 0 Å². The highest BCUT2D eigenvalue weighted by Crippen LogP contribution is 2.28. The molecule has 0 amide bonds. The van der Waals surface area contributed by atoms with Crippen LogP contribution in [0.1, 0.15) is 11.1 Å². The number of alkyl halides is 1. The highest BCUT2D eigenvalue weighted by Gasteiger charge is 2.07. The van der Waals surface area contributed by atoms with Gasteiger partial charge in [-0.15, -0.1) is 11.3 Å². The van der Waals surface area contributed by atoms with Gasteiger partial charge in [0.1, 0.15) is 18.2 Å². The van der Waals surface area contributed by atoms with Crippen molar-refractivity contribution in [3.63, 3.8) is 0 Å². The Kier molecular flexibility index (Phi) is 4.03. The SMILES string of the molecule is Fc1ccc(OCc2csc3ccccc23)c(CBr)c1. The first-order valence-electron chi connectivity index (χ1n) is 6.20. The van der Waals surface area contributed by atoms with Crippen molar-refractivity contribution in [1.82, 2.24) is 0 Å². The molecule has 1 aromatic heterocycles. The van der Waals surface area contributed by atoms with Crippen LogP contribution in [0.4, 0.5) is 4.39 Å². The summed E-state index contributed by atoms with van der Waals surface area (Å²) in [5.41, 5.74) is 1.99. The molecule has 0 aliphatic carbocycles. The Bertz CT molecular complexity index is 738. The first kappa shape index (κ1) is 13.6. The van der Waals surface area contributed by atoms with E-state index in [4.69, 9.17) is 4.74 Å². The topological polar surface area (TPSA) is 9.23 Å². The molecule has 0 aliphatic heterocycles. The fourth-order valence-corrected chi connectivity index (χ4v) is 3.48. The van der Waals surface area contributed by atoms with Gasteiger partial charge in [-0.25, -0.2) is 4.39 Å². The molecule has 3 rings (SSSR count). The third-order valence-electron chi connectivity index (χ3n) is 3.11. The average molecular weight is 351 g/mol. The highest BCUT2D eigenvalue weighted by molar-refractivity contribution is 9.08. The fraction of sp³-hybridized carbons (Fsp3) is 0.125. The molecule has 0 N–H and O–H groups in total. The van der Waals surface area contributed by atoms with Gasteiger partial charge in [0, 0.05) is 21.2 Å². The summed E-state index contributed by atoms with van der Waals surface area (Å²) in [6.45, 7) is 0.496. The van der Waals surface area contributed by atoms with Crippen LogP contribution in [0.2, 0.25) is 0 Å². The van der Waals surface area contributed by atoms with Crippen molar-refractivity contribution in [3.05, 3.63) is 64.8 Å². The van der Waals surface area contributed by atoms with Crippen LogP contribution < -0.4 is 4.74 Å². The molecule has 2 aromatic carbocycles. The maximum absolute atomic E-state index is 13.2. The van der Waals surface area contributed by atoms with E-state index in [1.165, 1.54) is 22.2 Å². The number of thiophene rings is 1. The van der Waals surface area contributed by atoms with E-state index in [9.17, 15) is 4.39 Å². The van der Waals surface area contributed by atoms with Crippen molar-refractivity contribution < 1.29 is 9.13 Å². The summed E-state index contributed by atoms with van der Waals surface area (Å²) in [6.07, 6.45) is 0. The lowest BCUT2D eigenvalue weighted by Crippen LogP contribution is -1.97. The number of rotatable bonds is 4. The van der Waals surface area contributed by atoms with E-state index in [1.807, 2.05) is 12.1 Å². The Labute approximate surface area is 129 Å². The van der Waals surface area contributed by atoms with Crippen LogP contribution in [0.25, 0.3) is 10.1 Å². The Hall–Kier alpha value is -1.39. The molecule has 1 heterocycles. The molecule has 0 aliphatic rings. The number of hydrogen-bond donors (Lipinski definition) is 0. The quantitative estimate of drug-likeness (QED) is 0.563. The summed E-state index contributed by atoms with van der Waals surface area (Å²) in [4.78, 5) is 0. The molecule has 4 heteroatoms. The first-order chi connectivity index (χ1) is 9.78. The second kappa shape index (κ2) is 5.94. The predicted octanol–water partition coefficient (Wildman–Crippen LogP) is 5.51. The van der Waals surface area contributed by atoms with E-state index < -0.39 is 0 Å². The summed E-state index contributed by atoms with van der Waals surface area (Å²) < 4.78 is 20.3. The zero-order valence-electron chi connectivity index (χ0n) is 10.6. The van der Waals surface area contributed by atoms with Crippen molar-refractivity contribution in [2.45, 2.75) is 11.9 Å². The van der Waals surface area contributed by atoms with Gasteiger partial charge in [-0.05, 0) is 35.0 Å². The van der Waals surface area contributed by atoms with Gasteiger partial charge in [0.25, 0.3) is 0 Å². The largest absolute Gasteiger partial charge is 0.489 e. The van der Waals surface area contributed by atoms with Gasteiger partial charge in [-0.2, -0.15) is 0 Å². The normalized spacial score (nSPS) is 10.9. The Morgan fingerprint density at radius 3 is 2.80 bits per heavy atom. The van der Waals surface area contributed by atoms with E-state index in [0.717, 1.165) is 16.9 Å². The van der Waals surface area contributed by atoms with E-state index in [-0.39, 0.29) is 5.82 Å². The molecule has 0 atom stereocenters. The van der Waals surface area contributed by atoms with Crippen molar-refractivity contribution in [2.75, 3.05) is 0 Å². The van der Waals surface area contributed by atoms with Gasteiger partial charge in [-0.3, -0.25) is 0 Å². The lowest BCUT2D eigenvalue weighted by Gasteiger charge is -2.09. The molecule has 0 spiro atoms. The standard InChI is InChI=1S/C16H12BrFOS/c17-8-11-7-13(18)5-6-15(11)19-9-12-10-20-16-4-2-1-3-14(12)16/h1-7,10H,8-9H2. The number of halogens is 2. The smallest absolute Gasteiger partial charge is 0.124 e. The van der Waals surface area contributed by atoms with Gasteiger partial charge >= 0.3 is 0 Å². The molecule has 0 saturated heterocycles. The Balaban J connectivity index is 1.83. The van der Waals surface area contributed by atoms with Crippen molar-refractivity contribution in [1.29, 1.82) is 0 Å². The van der Waals surface area contributed by atoms with Gasteiger partial charge < -0.3 is 4.74 Å². The third kappa shape index (κ3) is 2.72. The molecule has 0 unspecified atom stereocenters. The molecule has 0 fully saturated rings.